The summed E-state index contributed by atoms with van der Waals surface area (Å²) in [6, 6.07) is 4.37. The van der Waals surface area contributed by atoms with Crippen LogP contribution in [0.1, 0.15) is 69.5 Å². The highest BCUT2D eigenvalue weighted by molar-refractivity contribution is 6.00. The summed E-state index contributed by atoms with van der Waals surface area (Å²) in [5, 5.41) is 12.2. The van der Waals surface area contributed by atoms with Gasteiger partial charge in [-0.2, -0.15) is 5.11 Å². The Kier molecular flexibility index (Phi) is 3.87. The van der Waals surface area contributed by atoms with Gasteiger partial charge in [-0.3, -0.25) is 9.78 Å². The van der Waals surface area contributed by atoms with Crippen molar-refractivity contribution in [1.82, 2.24) is 10.3 Å². The smallest absolute Gasteiger partial charge is 0.162 e. The monoisotopic (exact) mass is 376 g/mol. The highest BCUT2D eigenvalue weighted by Gasteiger charge is 2.52. The second-order valence-electron chi connectivity index (χ2n) is 9.73. The predicted octanol–water partition coefficient (Wildman–Crippen LogP) is 4.96. The Labute approximate surface area is 166 Å². The zero-order valence-electron chi connectivity index (χ0n) is 17.0. The third-order valence-corrected chi connectivity index (χ3v) is 7.12. The minimum Gasteiger partial charge on any atom is -0.342 e. The van der Waals surface area contributed by atoms with Crippen LogP contribution in [0.3, 0.4) is 0 Å². The van der Waals surface area contributed by atoms with E-state index in [0.717, 1.165) is 54.9 Å². The lowest BCUT2D eigenvalue weighted by Crippen LogP contribution is -2.45. The molecule has 2 aliphatic heterocycles. The first-order chi connectivity index (χ1) is 13.4. The van der Waals surface area contributed by atoms with Crippen LogP contribution >= 0.6 is 0 Å². The number of hydrogen-bond acceptors (Lipinski definition) is 5. The SMILES string of the molecule is Cc1cc(C2CCC3(CC2)C2=C(N=NC2)NC2=C3C(=O)CC(C)(C)C2)ccn1. The van der Waals surface area contributed by atoms with Crippen LogP contribution in [-0.4, -0.2) is 17.3 Å². The third-order valence-electron chi connectivity index (χ3n) is 7.12. The van der Waals surface area contributed by atoms with Crippen LogP contribution in [0, 0.1) is 17.8 Å². The number of Topliss-reactive ketones (excluding diaryl/α,β-unsaturated/α-hetero) is 1. The van der Waals surface area contributed by atoms with E-state index in [-0.39, 0.29) is 10.8 Å². The molecule has 1 saturated carbocycles. The first kappa shape index (κ1) is 17.8. The zero-order chi connectivity index (χ0) is 19.5. The Morgan fingerprint density at radius 1 is 1.18 bits per heavy atom. The number of aryl methyl sites for hydroxylation is 1. The van der Waals surface area contributed by atoms with E-state index in [1.54, 1.807) is 0 Å². The quantitative estimate of drug-likeness (QED) is 0.753. The van der Waals surface area contributed by atoms with Crippen molar-refractivity contribution in [2.45, 2.75) is 65.2 Å². The Bertz CT molecular complexity index is 945. The molecular formula is C23H28N4O. The van der Waals surface area contributed by atoms with Crippen LogP contribution in [-0.2, 0) is 4.79 Å². The van der Waals surface area contributed by atoms with Crippen molar-refractivity contribution in [3.05, 3.63) is 52.3 Å². The number of carbonyl (C=O) groups excluding carboxylic acids is 1. The molecule has 1 aromatic rings. The van der Waals surface area contributed by atoms with Gasteiger partial charge in [-0.15, -0.1) is 5.11 Å². The van der Waals surface area contributed by atoms with Crippen molar-refractivity contribution in [2.24, 2.45) is 21.1 Å². The number of dihydropyridines is 1. The summed E-state index contributed by atoms with van der Waals surface area (Å²) in [6.07, 6.45) is 7.67. The van der Waals surface area contributed by atoms with Gasteiger partial charge in [-0.1, -0.05) is 13.8 Å². The molecular weight excluding hydrogens is 348 g/mol. The molecule has 146 valence electrons. The van der Waals surface area contributed by atoms with E-state index in [1.165, 1.54) is 11.1 Å². The molecule has 0 bridgehead atoms. The molecule has 5 nitrogen and oxygen atoms in total. The molecule has 1 fully saturated rings. The van der Waals surface area contributed by atoms with Crippen molar-refractivity contribution in [3.8, 4) is 0 Å². The second kappa shape index (κ2) is 6.10. The summed E-state index contributed by atoms with van der Waals surface area (Å²) in [5.41, 5.74) is 5.73. The van der Waals surface area contributed by atoms with Crippen molar-refractivity contribution in [3.63, 3.8) is 0 Å². The molecule has 1 spiro atoms. The normalized spacial score (nSPS) is 31.1. The number of pyridine rings is 1. The molecule has 5 heteroatoms. The maximum Gasteiger partial charge on any atom is 0.162 e. The largest absolute Gasteiger partial charge is 0.342 e. The predicted molar refractivity (Wildman–Crippen MR) is 108 cm³/mol. The van der Waals surface area contributed by atoms with Crippen molar-refractivity contribution >= 4 is 5.78 Å². The lowest BCUT2D eigenvalue weighted by Gasteiger charge is -2.48. The van der Waals surface area contributed by atoms with Gasteiger partial charge in [0.1, 0.15) is 0 Å². The van der Waals surface area contributed by atoms with E-state index in [1.807, 2.05) is 6.20 Å². The molecule has 1 N–H and O–H groups in total. The fourth-order valence-electron chi connectivity index (χ4n) is 5.88. The van der Waals surface area contributed by atoms with E-state index in [0.29, 0.717) is 24.7 Å². The first-order valence-corrected chi connectivity index (χ1v) is 10.5. The lowest BCUT2D eigenvalue weighted by molar-refractivity contribution is -0.119. The van der Waals surface area contributed by atoms with Crippen molar-refractivity contribution in [1.29, 1.82) is 0 Å². The summed E-state index contributed by atoms with van der Waals surface area (Å²) in [4.78, 5) is 17.7. The molecule has 0 unspecified atom stereocenters. The molecule has 0 saturated heterocycles. The Balaban J connectivity index is 1.51. The molecule has 0 aromatic carbocycles. The van der Waals surface area contributed by atoms with Crippen LogP contribution in [0.5, 0.6) is 0 Å². The van der Waals surface area contributed by atoms with Gasteiger partial charge >= 0.3 is 0 Å². The number of azo groups is 1. The molecule has 0 amide bonds. The first-order valence-electron chi connectivity index (χ1n) is 10.5. The molecule has 2 aliphatic carbocycles. The highest BCUT2D eigenvalue weighted by Crippen LogP contribution is 2.58. The minimum atomic E-state index is -0.161. The number of hydrogen-bond donors (Lipinski definition) is 1. The number of carbonyl (C=O) groups is 1. The summed E-state index contributed by atoms with van der Waals surface area (Å²) < 4.78 is 0. The number of fused-ring (bicyclic) bond motifs is 2. The second-order valence-corrected chi connectivity index (χ2v) is 9.73. The Morgan fingerprint density at radius 2 is 1.96 bits per heavy atom. The standard InChI is InChI=1S/C23H28N4O/c1-14-10-16(6-9-24-14)15-4-7-23(8-5-15)17-13-25-27-21(17)26-18-11-22(2,3)12-19(28)20(18)23/h6,9-10,15,26H,4-5,7-8,11-13H2,1-3H3. The van der Waals surface area contributed by atoms with Crippen molar-refractivity contribution < 1.29 is 4.79 Å². The average Bonchev–Trinajstić information content (AvgIpc) is 3.10. The van der Waals surface area contributed by atoms with Gasteiger partial charge in [0.15, 0.2) is 11.6 Å². The molecule has 5 rings (SSSR count). The molecule has 0 radical (unpaired) electrons. The van der Waals surface area contributed by atoms with Gasteiger partial charge in [-0.05, 0) is 68.1 Å². The number of rotatable bonds is 1. The number of ketones is 1. The topological polar surface area (TPSA) is 66.7 Å². The molecule has 0 atom stereocenters. The number of nitrogens with zero attached hydrogens (tertiary/aromatic N) is 3. The Morgan fingerprint density at radius 3 is 2.71 bits per heavy atom. The highest BCUT2D eigenvalue weighted by atomic mass is 16.1. The summed E-state index contributed by atoms with van der Waals surface area (Å²) in [7, 11) is 0. The van der Waals surface area contributed by atoms with E-state index >= 15 is 0 Å². The molecule has 4 aliphatic rings. The van der Waals surface area contributed by atoms with Gasteiger partial charge in [0.2, 0.25) is 0 Å². The fraction of sp³-hybridized carbons (Fsp3) is 0.565. The average molecular weight is 377 g/mol. The van der Waals surface area contributed by atoms with Gasteiger partial charge in [0.25, 0.3) is 0 Å². The van der Waals surface area contributed by atoms with Crippen LogP contribution in [0.2, 0.25) is 0 Å². The maximum absolute atomic E-state index is 13.3. The van der Waals surface area contributed by atoms with Crippen LogP contribution in [0.4, 0.5) is 0 Å². The van der Waals surface area contributed by atoms with E-state index < -0.39 is 0 Å². The molecule has 28 heavy (non-hydrogen) atoms. The van der Waals surface area contributed by atoms with Crippen LogP contribution < -0.4 is 5.32 Å². The van der Waals surface area contributed by atoms with E-state index in [2.05, 4.69) is 53.4 Å². The summed E-state index contributed by atoms with van der Waals surface area (Å²) in [5.74, 6) is 1.79. The fourth-order valence-corrected chi connectivity index (χ4v) is 5.88. The van der Waals surface area contributed by atoms with Gasteiger partial charge in [-0.25, -0.2) is 0 Å². The maximum atomic E-state index is 13.3. The van der Waals surface area contributed by atoms with Gasteiger partial charge in [0.05, 0.1) is 6.54 Å². The minimum absolute atomic E-state index is 0.00366. The molecule has 3 heterocycles. The van der Waals surface area contributed by atoms with Crippen molar-refractivity contribution in [2.75, 3.05) is 6.54 Å². The third kappa shape index (κ3) is 2.66. The number of nitrogens with one attached hydrogen (secondary N) is 1. The lowest BCUT2D eigenvalue weighted by atomic mass is 9.56. The van der Waals surface area contributed by atoms with Crippen LogP contribution in [0.25, 0.3) is 0 Å². The van der Waals surface area contributed by atoms with E-state index in [9.17, 15) is 4.79 Å². The zero-order valence-corrected chi connectivity index (χ0v) is 17.0. The molecule has 1 aromatic heterocycles. The van der Waals surface area contributed by atoms with Crippen LogP contribution in [0.15, 0.2) is 51.2 Å². The summed E-state index contributed by atoms with van der Waals surface area (Å²) >= 11 is 0. The number of allylic oxidation sites excluding steroid dienone is 2. The number of aromatic nitrogens is 1. The van der Waals surface area contributed by atoms with Gasteiger partial charge < -0.3 is 5.32 Å². The summed E-state index contributed by atoms with van der Waals surface area (Å²) in [6.45, 7) is 7.06. The van der Waals surface area contributed by atoms with Gasteiger partial charge in [0, 0.05) is 40.6 Å². The Hall–Kier alpha value is -2.30. The van der Waals surface area contributed by atoms with E-state index in [4.69, 9.17) is 0 Å².